The van der Waals surface area contributed by atoms with Gasteiger partial charge in [0.25, 0.3) is 0 Å². The van der Waals surface area contributed by atoms with Gasteiger partial charge in [0.1, 0.15) is 17.8 Å². The molecule has 10 unspecified atom stereocenters. The van der Waals surface area contributed by atoms with Crippen LogP contribution in [-0.2, 0) is 19.1 Å². The number of unbranched alkanes of at least 4 members (excludes halogenated alkanes) is 3. The van der Waals surface area contributed by atoms with Gasteiger partial charge in [-0.15, -0.1) is 0 Å². The Bertz CT molecular complexity index is 1170. The summed E-state index contributed by atoms with van der Waals surface area (Å²) in [6.45, 7) is 4.74. The predicted octanol–water partition coefficient (Wildman–Crippen LogP) is 5.21. The van der Waals surface area contributed by atoms with E-state index in [4.69, 9.17) is 19.0 Å². The fraction of sp³-hybridized carbons (Fsp3) is 0.781. The molecule has 0 radical (unpaired) electrons. The number of aliphatic hydroxyl groups excluding tert-OH is 1. The molecule has 5 aliphatic rings. The summed E-state index contributed by atoms with van der Waals surface area (Å²) in [5, 5.41) is 20.2. The predicted molar refractivity (Wildman–Crippen MR) is 146 cm³/mol. The van der Waals surface area contributed by atoms with E-state index in [1.54, 1.807) is 0 Å². The van der Waals surface area contributed by atoms with Gasteiger partial charge in [0, 0.05) is 30.2 Å². The van der Waals surface area contributed by atoms with Crippen molar-refractivity contribution in [2.75, 3.05) is 0 Å². The Labute approximate surface area is 235 Å². The van der Waals surface area contributed by atoms with Crippen LogP contribution in [0.1, 0.15) is 109 Å². The first kappa shape index (κ1) is 28.0. The van der Waals surface area contributed by atoms with Gasteiger partial charge < -0.3 is 24.1 Å². The van der Waals surface area contributed by atoms with Gasteiger partial charge in [-0.2, -0.15) is 0 Å². The van der Waals surface area contributed by atoms with Crippen LogP contribution in [0.4, 0.5) is 0 Å². The maximum atomic E-state index is 12.5. The number of carboxylic acids is 1. The van der Waals surface area contributed by atoms with Crippen molar-refractivity contribution in [1.82, 2.24) is 0 Å². The Hall–Kier alpha value is -2.19. The summed E-state index contributed by atoms with van der Waals surface area (Å²) < 4.78 is 17.7. The maximum Gasteiger partial charge on any atom is 0.335 e. The highest BCUT2D eigenvalue weighted by Gasteiger charge is 2.83. The fourth-order valence-corrected chi connectivity index (χ4v) is 10.0. The molecule has 0 aromatic carbocycles. The first-order valence-corrected chi connectivity index (χ1v) is 15.5. The third-order valence-corrected chi connectivity index (χ3v) is 12.0. The van der Waals surface area contributed by atoms with E-state index in [1.807, 2.05) is 6.07 Å². The maximum absolute atomic E-state index is 12.5. The SMILES string of the molecule is CC12CCC(OC(=O)CCCCCCC(=O)O)CC1CCC1C2CCC2(C)C(c3ccc(=O)oc3)C(O)C3OC132. The third kappa shape index (κ3) is 4.36. The van der Waals surface area contributed by atoms with Gasteiger partial charge in [-0.05, 0) is 92.6 Å². The Morgan fingerprint density at radius 3 is 2.50 bits per heavy atom. The summed E-state index contributed by atoms with van der Waals surface area (Å²) >= 11 is 0. The zero-order chi connectivity index (χ0) is 28.3. The number of rotatable bonds is 9. The molecule has 6 rings (SSSR count). The third-order valence-electron chi connectivity index (χ3n) is 12.0. The highest BCUT2D eigenvalue weighted by molar-refractivity contribution is 5.69. The first-order chi connectivity index (χ1) is 19.1. The normalized spacial score (nSPS) is 43.1. The molecule has 10 atom stereocenters. The first-order valence-electron chi connectivity index (χ1n) is 15.5. The minimum atomic E-state index is -0.766. The number of esters is 1. The minimum absolute atomic E-state index is 0.0171. The lowest BCUT2D eigenvalue weighted by Gasteiger charge is -2.61. The van der Waals surface area contributed by atoms with E-state index in [9.17, 15) is 19.5 Å². The zero-order valence-corrected chi connectivity index (χ0v) is 23.8. The summed E-state index contributed by atoms with van der Waals surface area (Å²) in [6.07, 6.45) is 11.5. The van der Waals surface area contributed by atoms with Gasteiger partial charge in [-0.3, -0.25) is 9.59 Å². The van der Waals surface area contributed by atoms with Crippen LogP contribution in [0.5, 0.6) is 0 Å². The molecule has 40 heavy (non-hydrogen) atoms. The smallest absolute Gasteiger partial charge is 0.335 e. The fourth-order valence-electron chi connectivity index (χ4n) is 10.0. The molecule has 1 aromatic rings. The summed E-state index contributed by atoms with van der Waals surface area (Å²) in [5.41, 5.74) is 0.164. The Balaban J connectivity index is 1.08. The van der Waals surface area contributed by atoms with E-state index in [1.165, 1.54) is 12.3 Å². The number of ether oxygens (including phenoxy) is 2. The molecule has 0 bridgehead atoms. The van der Waals surface area contributed by atoms with Gasteiger partial charge in [-0.25, -0.2) is 4.79 Å². The molecule has 1 aromatic heterocycles. The number of epoxide rings is 1. The van der Waals surface area contributed by atoms with Crippen LogP contribution < -0.4 is 5.63 Å². The van der Waals surface area contributed by atoms with Crippen molar-refractivity contribution in [2.24, 2.45) is 28.6 Å². The molecule has 220 valence electrons. The van der Waals surface area contributed by atoms with Crippen LogP contribution in [-0.4, -0.2) is 46.1 Å². The number of hydrogen-bond donors (Lipinski definition) is 2. The van der Waals surface area contributed by atoms with Crippen molar-refractivity contribution < 1.29 is 33.7 Å². The van der Waals surface area contributed by atoms with Crippen LogP contribution in [0.3, 0.4) is 0 Å². The second kappa shape index (κ2) is 10.3. The average molecular weight is 557 g/mol. The lowest BCUT2D eigenvalue weighted by atomic mass is 9.44. The van der Waals surface area contributed by atoms with E-state index in [-0.39, 0.29) is 52.6 Å². The molecule has 1 spiro atoms. The minimum Gasteiger partial charge on any atom is -0.481 e. The van der Waals surface area contributed by atoms with Crippen molar-refractivity contribution >= 4 is 11.9 Å². The topological polar surface area (TPSA) is 127 Å². The number of carbonyl (C=O) groups is 2. The Morgan fingerprint density at radius 2 is 1.77 bits per heavy atom. The number of hydrogen-bond acceptors (Lipinski definition) is 7. The second-order valence-electron chi connectivity index (χ2n) is 13.8. The quantitative estimate of drug-likeness (QED) is 0.241. The summed E-state index contributed by atoms with van der Waals surface area (Å²) in [7, 11) is 0. The van der Waals surface area contributed by atoms with Crippen LogP contribution in [0.2, 0.25) is 0 Å². The van der Waals surface area contributed by atoms with Gasteiger partial charge in [0.15, 0.2) is 0 Å². The average Bonchev–Trinajstić information content (AvgIpc) is 3.63. The lowest BCUT2D eigenvalue weighted by molar-refractivity contribution is -0.165. The van der Waals surface area contributed by atoms with Crippen molar-refractivity contribution in [3.8, 4) is 0 Å². The molecule has 8 heteroatoms. The summed E-state index contributed by atoms with van der Waals surface area (Å²) in [5.74, 6) is 0.441. The molecule has 8 nitrogen and oxygen atoms in total. The molecule has 0 amide bonds. The Morgan fingerprint density at radius 1 is 1.00 bits per heavy atom. The molecule has 2 N–H and O–H groups in total. The zero-order valence-electron chi connectivity index (χ0n) is 23.8. The standard InChI is InChI=1S/C32H44O8/c1-30-15-13-21(39-26(36)8-6-4-3-5-7-24(33)34)17-20(30)10-11-23-22(30)14-16-31(2)27(19-9-12-25(35)38-18-19)28(37)29-32(23,31)40-29/h9,12,18,20-23,27-29,37H,3-8,10-11,13-17H2,1-2H3,(H,33,34). The summed E-state index contributed by atoms with van der Waals surface area (Å²) in [4.78, 5) is 34.8. The van der Waals surface area contributed by atoms with Crippen LogP contribution >= 0.6 is 0 Å². The Kier molecular flexibility index (Phi) is 7.17. The van der Waals surface area contributed by atoms with E-state index in [0.29, 0.717) is 30.6 Å². The van der Waals surface area contributed by atoms with Gasteiger partial charge >= 0.3 is 17.6 Å². The van der Waals surface area contributed by atoms with E-state index in [0.717, 1.165) is 69.8 Å². The number of aliphatic carboxylic acids is 1. The van der Waals surface area contributed by atoms with Gasteiger partial charge in [0.05, 0.1) is 12.4 Å². The molecular weight excluding hydrogens is 512 g/mol. The molecule has 5 fully saturated rings. The number of carbonyl (C=O) groups excluding carboxylic acids is 1. The second-order valence-corrected chi connectivity index (χ2v) is 13.8. The van der Waals surface area contributed by atoms with Crippen LogP contribution in [0.15, 0.2) is 27.6 Å². The van der Waals surface area contributed by atoms with Crippen LogP contribution in [0, 0.1) is 28.6 Å². The van der Waals surface area contributed by atoms with E-state index in [2.05, 4.69) is 13.8 Å². The number of aliphatic hydroxyl groups is 1. The summed E-state index contributed by atoms with van der Waals surface area (Å²) in [6, 6.07) is 3.27. The lowest BCUT2D eigenvalue weighted by Crippen LogP contribution is -2.58. The van der Waals surface area contributed by atoms with Crippen molar-refractivity contribution in [3.63, 3.8) is 0 Å². The molecule has 4 saturated carbocycles. The van der Waals surface area contributed by atoms with Crippen molar-refractivity contribution in [1.29, 1.82) is 0 Å². The molecule has 4 aliphatic carbocycles. The van der Waals surface area contributed by atoms with E-state index < -0.39 is 12.1 Å². The monoisotopic (exact) mass is 556 g/mol. The highest BCUT2D eigenvalue weighted by atomic mass is 16.6. The number of carboxylic acid groups (broad SMARTS) is 1. The molecular formula is C32H44O8. The van der Waals surface area contributed by atoms with Crippen molar-refractivity contribution in [3.05, 3.63) is 34.4 Å². The highest BCUT2D eigenvalue weighted by Crippen LogP contribution is 2.77. The number of fused-ring (bicyclic) bond motifs is 3. The van der Waals surface area contributed by atoms with E-state index >= 15 is 0 Å². The van der Waals surface area contributed by atoms with Crippen molar-refractivity contribution in [2.45, 2.75) is 127 Å². The molecule has 1 saturated heterocycles. The largest absolute Gasteiger partial charge is 0.481 e. The van der Waals surface area contributed by atoms with Gasteiger partial charge in [0.2, 0.25) is 0 Å². The van der Waals surface area contributed by atoms with Crippen LogP contribution in [0.25, 0.3) is 0 Å². The molecule has 2 heterocycles. The van der Waals surface area contributed by atoms with Gasteiger partial charge in [-0.1, -0.05) is 26.7 Å². The molecule has 1 aliphatic heterocycles.